The summed E-state index contributed by atoms with van der Waals surface area (Å²) in [7, 11) is 0. The van der Waals surface area contributed by atoms with Crippen molar-refractivity contribution in [2.75, 3.05) is 0 Å². The van der Waals surface area contributed by atoms with Crippen LogP contribution in [0.3, 0.4) is 0 Å². The molecule has 0 saturated carbocycles. The van der Waals surface area contributed by atoms with Gasteiger partial charge >= 0.3 is 0 Å². The molecule has 92 valence electrons. The van der Waals surface area contributed by atoms with Crippen LogP contribution < -0.4 is 0 Å². The number of nitro groups is 2. The summed E-state index contributed by atoms with van der Waals surface area (Å²) in [6.45, 7) is 0. The zero-order chi connectivity index (χ0) is 12.7. The van der Waals surface area contributed by atoms with Crippen LogP contribution in [0, 0.1) is 20.2 Å². The highest BCUT2D eigenvalue weighted by Crippen LogP contribution is 2.11. The normalized spacial score (nSPS) is 12.7. The van der Waals surface area contributed by atoms with E-state index in [4.69, 9.17) is 4.42 Å². The zero-order valence-corrected chi connectivity index (χ0v) is 9.02. The molecule has 7 nitrogen and oxygen atoms in total. The third-order valence-corrected chi connectivity index (χ3v) is 2.21. The van der Waals surface area contributed by atoms with Crippen molar-refractivity contribution in [3.63, 3.8) is 0 Å². The van der Waals surface area contributed by atoms with Crippen molar-refractivity contribution in [1.82, 2.24) is 0 Å². The first-order valence-electron chi connectivity index (χ1n) is 5.05. The molecule has 0 N–H and O–H groups in total. The second kappa shape index (κ2) is 6.41. The van der Waals surface area contributed by atoms with E-state index >= 15 is 0 Å². The van der Waals surface area contributed by atoms with E-state index in [1.165, 1.54) is 12.3 Å². The summed E-state index contributed by atoms with van der Waals surface area (Å²) in [5, 5.41) is 20.8. The second-order valence-electron chi connectivity index (χ2n) is 3.47. The molecule has 1 rings (SSSR count). The van der Waals surface area contributed by atoms with E-state index in [1.807, 2.05) is 0 Å². The summed E-state index contributed by atoms with van der Waals surface area (Å²) in [6, 6.07) is 2.56. The first-order chi connectivity index (χ1) is 8.09. The van der Waals surface area contributed by atoms with Crippen LogP contribution in [0.15, 0.2) is 35.1 Å². The number of rotatable bonds is 7. The Labute approximate surface area is 97.0 Å². The van der Waals surface area contributed by atoms with E-state index < -0.39 is 11.0 Å². The molecule has 0 saturated heterocycles. The van der Waals surface area contributed by atoms with Crippen LogP contribution in [-0.2, 0) is 6.42 Å². The second-order valence-corrected chi connectivity index (χ2v) is 3.47. The minimum Gasteiger partial charge on any atom is -0.469 e. The Morgan fingerprint density at radius 2 is 2.18 bits per heavy atom. The minimum atomic E-state index is -0.780. The quantitative estimate of drug-likeness (QED) is 0.536. The predicted molar refractivity (Wildman–Crippen MR) is 58.6 cm³/mol. The van der Waals surface area contributed by atoms with Crippen LogP contribution in [0.25, 0.3) is 0 Å². The lowest BCUT2D eigenvalue weighted by Crippen LogP contribution is -2.21. The average molecular weight is 240 g/mol. The molecule has 0 bridgehead atoms. The molecule has 0 amide bonds. The van der Waals surface area contributed by atoms with Gasteiger partial charge in [-0.3, -0.25) is 20.2 Å². The van der Waals surface area contributed by atoms with Crippen molar-refractivity contribution in [2.24, 2.45) is 0 Å². The summed E-state index contributed by atoms with van der Waals surface area (Å²) >= 11 is 0. The van der Waals surface area contributed by atoms with E-state index in [9.17, 15) is 20.2 Å². The maximum Gasteiger partial charge on any atom is 0.230 e. The van der Waals surface area contributed by atoms with Crippen LogP contribution in [-0.4, -0.2) is 15.9 Å². The molecule has 7 heteroatoms. The molecule has 0 fully saturated rings. The Balaban J connectivity index is 2.44. The Bertz CT molecular complexity index is 399. The number of allylic oxidation sites excluding steroid dienone is 1. The molecule has 0 spiro atoms. The van der Waals surface area contributed by atoms with Gasteiger partial charge < -0.3 is 4.42 Å². The van der Waals surface area contributed by atoms with Gasteiger partial charge in [0.25, 0.3) is 0 Å². The third-order valence-electron chi connectivity index (χ3n) is 2.21. The van der Waals surface area contributed by atoms with Gasteiger partial charge in [-0.15, -0.1) is 0 Å². The van der Waals surface area contributed by atoms with Crippen LogP contribution in [0.2, 0.25) is 0 Å². The molecular weight excluding hydrogens is 228 g/mol. The SMILES string of the molecule is O=[N+]([O-])/C=C/CCC(Cc1ccco1)[N+](=O)[O-]. The van der Waals surface area contributed by atoms with Gasteiger partial charge in [0.05, 0.1) is 17.6 Å². The fraction of sp³-hybridized carbons (Fsp3) is 0.400. The third kappa shape index (κ3) is 4.92. The topological polar surface area (TPSA) is 99.4 Å². The largest absolute Gasteiger partial charge is 0.469 e. The number of hydrogen-bond donors (Lipinski definition) is 0. The van der Waals surface area contributed by atoms with Crippen molar-refractivity contribution in [3.8, 4) is 0 Å². The van der Waals surface area contributed by atoms with E-state index in [0.717, 1.165) is 6.20 Å². The molecule has 0 radical (unpaired) electrons. The van der Waals surface area contributed by atoms with Crippen LogP contribution in [0.4, 0.5) is 0 Å². The van der Waals surface area contributed by atoms with Gasteiger partial charge in [0.2, 0.25) is 12.2 Å². The van der Waals surface area contributed by atoms with Crippen molar-refractivity contribution < 1.29 is 14.3 Å². The van der Waals surface area contributed by atoms with Crippen molar-refractivity contribution in [3.05, 3.63) is 56.7 Å². The first kappa shape index (κ1) is 12.9. The van der Waals surface area contributed by atoms with Crippen LogP contribution in [0.5, 0.6) is 0 Å². The first-order valence-corrected chi connectivity index (χ1v) is 5.05. The van der Waals surface area contributed by atoms with Crippen molar-refractivity contribution >= 4 is 0 Å². The van der Waals surface area contributed by atoms with Gasteiger partial charge in [-0.05, 0) is 24.6 Å². The van der Waals surface area contributed by atoms with E-state index in [2.05, 4.69) is 0 Å². The molecule has 1 atom stereocenters. The molecule has 0 aromatic carbocycles. The maximum atomic E-state index is 10.8. The Morgan fingerprint density at radius 3 is 2.71 bits per heavy atom. The van der Waals surface area contributed by atoms with Gasteiger partial charge in [-0.2, -0.15) is 0 Å². The Kier molecular flexibility index (Phi) is 4.86. The molecule has 1 unspecified atom stereocenters. The highest BCUT2D eigenvalue weighted by Gasteiger charge is 2.21. The molecule has 17 heavy (non-hydrogen) atoms. The van der Waals surface area contributed by atoms with E-state index in [-0.39, 0.29) is 17.8 Å². The summed E-state index contributed by atoms with van der Waals surface area (Å²) < 4.78 is 5.03. The van der Waals surface area contributed by atoms with E-state index in [0.29, 0.717) is 12.2 Å². The maximum absolute atomic E-state index is 10.8. The smallest absolute Gasteiger partial charge is 0.230 e. The van der Waals surface area contributed by atoms with Gasteiger partial charge in [0.15, 0.2) is 0 Å². The van der Waals surface area contributed by atoms with Gasteiger partial charge in [0.1, 0.15) is 5.76 Å². The van der Waals surface area contributed by atoms with Crippen LogP contribution in [0.1, 0.15) is 18.6 Å². The summed E-state index contributed by atoms with van der Waals surface area (Å²) in [4.78, 5) is 19.8. The average Bonchev–Trinajstić information content (AvgIpc) is 2.74. The zero-order valence-electron chi connectivity index (χ0n) is 9.02. The lowest BCUT2D eigenvalue weighted by Gasteiger charge is -2.05. The van der Waals surface area contributed by atoms with Crippen molar-refractivity contribution in [2.45, 2.75) is 25.3 Å². The lowest BCUT2D eigenvalue weighted by molar-refractivity contribution is -0.523. The number of nitrogens with zero attached hydrogens (tertiary/aromatic N) is 2. The molecule has 0 aliphatic rings. The summed E-state index contributed by atoms with van der Waals surface area (Å²) in [5.41, 5.74) is 0. The fourth-order valence-electron chi connectivity index (χ4n) is 1.39. The van der Waals surface area contributed by atoms with Crippen molar-refractivity contribution in [1.29, 1.82) is 0 Å². The molecule has 1 aromatic heterocycles. The standard InChI is InChI=1S/C10H12N2O5/c13-11(14)6-2-1-4-9(12(15)16)8-10-5-3-7-17-10/h2-3,5-7,9H,1,4,8H2/b6-2+. The number of hydrogen-bond acceptors (Lipinski definition) is 5. The molecular formula is C10H12N2O5. The van der Waals surface area contributed by atoms with Gasteiger partial charge in [0, 0.05) is 11.3 Å². The lowest BCUT2D eigenvalue weighted by atomic mass is 10.1. The minimum absolute atomic E-state index is 0.201. The highest BCUT2D eigenvalue weighted by atomic mass is 16.6. The van der Waals surface area contributed by atoms with Gasteiger partial charge in [-0.25, -0.2) is 0 Å². The molecule has 1 aromatic rings. The molecule has 1 heterocycles. The van der Waals surface area contributed by atoms with E-state index in [1.54, 1.807) is 12.1 Å². The fourth-order valence-corrected chi connectivity index (χ4v) is 1.39. The van der Waals surface area contributed by atoms with Crippen LogP contribution >= 0.6 is 0 Å². The Hall–Kier alpha value is -2.18. The Morgan fingerprint density at radius 1 is 1.41 bits per heavy atom. The molecule has 0 aliphatic carbocycles. The number of furan rings is 1. The highest BCUT2D eigenvalue weighted by molar-refractivity contribution is 4.99. The molecule has 0 aliphatic heterocycles. The summed E-state index contributed by atoms with van der Waals surface area (Å²) in [5.74, 6) is 0.546. The summed E-state index contributed by atoms with van der Waals surface area (Å²) in [6.07, 6.45) is 4.32. The predicted octanol–water partition coefficient (Wildman–Crippen LogP) is 2.04. The van der Waals surface area contributed by atoms with Gasteiger partial charge in [-0.1, -0.05) is 0 Å². The monoisotopic (exact) mass is 240 g/mol.